The largest absolute Gasteiger partial charge is 0.320 e. The van der Waals surface area contributed by atoms with E-state index in [1.54, 1.807) is 0 Å². The third-order valence-electron chi connectivity index (χ3n) is 3.15. The summed E-state index contributed by atoms with van der Waals surface area (Å²) in [4.78, 5) is 21.7. The number of halogens is 1. The molecule has 9 heteroatoms. The van der Waals surface area contributed by atoms with Crippen LogP contribution < -0.4 is 5.32 Å². The average molecular weight is 364 g/mol. The number of sulfone groups is 1. The van der Waals surface area contributed by atoms with Gasteiger partial charge in [0, 0.05) is 24.5 Å². The molecule has 0 radical (unpaired) electrons. The van der Waals surface area contributed by atoms with Crippen LogP contribution in [0.25, 0.3) is 6.08 Å². The van der Waals surface area contributed by atoms with Crippen molar-refractivity contribution in [2.24, 2.45) is 0 Å². The second kappa shape index (κ2) is 7.22. The highest BCUT2D eigenvalue weighted by Gasteiger charge is 2.12. The highest BCUT2D eigenvalue weighted by molar-refractivity contribution is 7.90. The van der Waals surface area contributed by atoms with Crippen LogP contribution in [0.1, 0.15) is 5.56 Å². The van der Waals surface area contributed by atoms with E-state index in [-0.39, 0.29) is 16.3 Å². The van der Waals surface area contributed by atoms with E-state index in [9.17, 15) is 27.7 Å². The van der Waals surface area contributed by atoms with Gasteiger partial charge in [0.1, 0.15) is 5.82 Å². The molecule has 0 heterocycles. The van der Waals surface area contributed by atoms with Gasteiger partial charge in [-0.25, -0.2) is 12.8 Å². The standard InChI is InChI=1S/C16H13FN2O5S/c1-25(23,24)13-7-8-14(17)15(10-13)18-16(20)9-4-11-2-5-12(6-3-11)19(21)22/h2-10H,1H3,(H,18,20)/b9-4+. The minimum absolute atomic E-state index is 0.0822. The van der Waals surface area contributed by atoms with Crippen molar-refractivity contribution in [3.05, 3.63) is 70.0 Å². The first-order chi connectivity index (χ1) is 11.7. The summed E-state index contributed by atoms with van der Waals surface area (Å²) in [7, 11) is -3.54. The Morgan fingerprint density at radius 1 is 1.20 bits per heavy atom. The van der Waals surface area contributed by atoms with Crippen LogP contribution in [0.4, 0.5) is 15.8 Å². The molecule has 2 rings (SSSR count). The fraction of sp³-hybridized carbons (Fsp3) is 0.0625. The number of nitrogens with one attached hydrogen (secondary N) is 1. The summed E-state index contributed by atoms with van der Waals surface area (Å²) in [5.74, 6) is -1.45. The average Bonchev–Trinajstić information content (AvgIpc) is 2.54. The molecule has 0 fully saturated rings. The number of nitro groups is 1. The van der Waals surface area contributed by atoms with Crippen LogP contribution in [0, 0.1) is 15.9 Å². The molecule has 1 amide bonds. The summed E-state index contributed by atoms with van der Waals surface area (Å²) in [6.07, 6.45) is 3.46. The Morgan fingerprint density at radius 2 is 1.84 bits per heavy atom. The molecule has 0 spiro atoms. The lowest BCUT2D eigenvalue weighted by Gasteiger charge is -2.06. The number of non-ortho nitro benzene ring substituents is 1. The first kappa shape index (κ1) is 18.3. The fourth-order valence-electron chi connectivity index (χ4n) is 1.88. The zero-order chi connectivity index (χ0) is 18.6. The van der Waals surface area contributed by atoms with Gasteiger partial charge >= 0.3 is 0 Å². The highest BCUT2D eigenvalue weighted by Crippen LogP contribution is 2.20. The molecular weight excluding hydrogens is 351 g/mol. The molecule has 7 nitrogen and oxygen atoms in total. The van der Waals surface area contributed by atoms with Crippen LogP contribution in [-0.4, -0.2) is 25.5 Å². The summed E-state index contributed by atoms with van der Waals surface area (Å²) in [6, 6.07) is 8.56. The van der Waals surface area contributed by atoms with Crippen molar-refractivity contribution < 1.29 is 22.5 Å². The lowest BCUT2D eigenvalue weighted by molar-refractivity contribution is -0.384. The number of amides is 1. The second-order valence-corrected chi connectivity index (χ2v) is 7.10. The van der Waals surface area contributed by atoms with Gasteiger partial charge in [-0.05, 0) is 42.0 Å². The number of anilines is 1. The van der Waals surface area contributed by atoms with Gasteiger partial charge in [-0.3, -0.25) is 14.9 Å². The fourth-order valence-corrected chi connectivity index (χ4v) is 2.53. The Hall–Kier alpha value is -3.07. The van der Waals surface area contributed by atoms with E-state index in [2.05, 4.69) is 5.32 Å². The molecule has 0 aliphatic heterocycles. The molecule has 0 atom stereocenters. The van der Waals surface area contributed by atoms with Crippen molar-refractivity contribution in [3.63, 3.8) is 0 Å². The van der Waals surface area contributed by atoms with Crippen LogP contribution in [0.5, 0.6) is 0 Å². The molecule has 25 heavy (non-hydrogen) atoms. The molecular formula is C16H13FN2O5S. The molecule has 0 aliphatic rings. The molecule has 2 aromatic rings. The topological polar surface area (TPSA) is 106 Å². The number of hydrogen-bond donors (Lipinski definition) is 1. The molecule has 2 aromatic carbocycles. The molecule has 0 aromatic heterocycles. The van der Waals surface area contributed by atoms with Crippen LogP contribution in [-0.2, 0) is 14.6 Å². The van der Waals surface area contributed by atoms with Gasteiger partial charge < -0.3 is 5.32 Å². The Bertz CT molecular complexity index is 953. The Labute approximate surface area is 142 Å². The van der Waals surface area contributed by atoms with E-state index in [1.165, 1.54) is 30.3 Å². The molecule has 0 aliphatic carbocycles. The number of benzene rings is 2. The second-order valence-electron chi connectivity index (χ2n) is 5.09. The predicted molar refractivity (Wildman–Crippen MR) is 90.3 cm³/mol. The van der Waals surface area contributed by atoms with E-state index in [0.717, 1.165) is 30.5 Å². The number of hydrogen-bond acceptors (Lipinski definition) is 5. The van der Waals surface area contributed by atoms with Gasteiger partial charge in [-0.1, -0.05) is 0 Å². The number of rotatable bonds is 5. The first-order valence-corrected chi connectivity index (χ1v) is 8.79. The predicted octanol–water partition coefficient (Wildman–Crippen LogP) is 2.79. The van der Waals surface area contributed by atoms with Gasteiger partial charge in [0.15, 0.2) is 9.84 Å². The van der Waals surface area contributed by atoms with Gasteiger partial charge in [0.25, 0.3) is 5.69 Å². The maximum absolute atomic E-state index is 13.7. The minimum atomic E-state index is -3.54. The van der Waals surface area contributed by atoms with E-state index in [4.69, 9.17) is 0 Å². The smallest absolute Gasteiger partial charge is 0.269 e. The van der Waals surface area contributed by atoms with Gasteiger partial charge in [0.05, 0.1) is 15.5 Å². The number of nitrogens with zero attached hydrogens (tertiary/aromatic N) is 1. The van der Waals surface area contributed by atoms with Crippen LogP contribution in [0.2, 0.25) is 0 Å². The third kappa shape index (κ3) is 4.95. The highest BCUT2D eigenvalue weighted by atomic mass is 32.2. The molecule has 1 N–H and O–H groups in total. The van der Waals surface area contributed by atoms with Gasteiger partial charge in [-0.2, -0.15) is 0 Å². The maximum atomic E-state index is 13.7. The summed E-state index contributed by atoms with van der Waals surface area (Å²) in [6.45, 7) is 0. The van der Waals surface area contributed by atoms with Gasteiger partial charge in [0.2, 0.25) is 5.91 Å². The van der Waals surface area contributed by atoms with Crippen molar-refractivity contribution in [2.75, 3.05) is 11.6 Å². The third-order valence-corrected chi connectivity index (χ3v) is 4.27. The van der Waals surface area contributed by atoms with Crippen LogP contribution in [0.3, 0.4) is 0 Å². The van der Waals surface area contributed by atoms with Crippen LogP contribution >= 0.6 is 0 Å². The summed E-state index contributed by atoms with van der Waals surface area (Å²) in [5.41, 5.74) is 0.189. The van der Waals surface area contributed by atoms with Crippen molar-refractivity contribution in [3.8, 4) is 0 Å². The van der Waals surface area contributed by atoms with E-state index >= 15 is 0 Å². The normalized spacial score (nSPS) is 11.4. The summed E-state index contributed by atoms with van der Waals surface area (Å²) >= 11 is 0. The lowest BCUT2D eigenvalue weighted by Crippen LogP contribution is -2.10. The zero-order valence-corrected chi connectivity index (χ0v) is 13.8. The monoisotopic (exact) mass is 364 g/mol. The zero-order valence-electron chi connectivity index (χ0n) is 13.0. The summed E-state index contributed by atoms with van der Waals surface area (Å²) < 4.78 is 36.6. The SMILES string of the molecule is CS(=O)(=O)c1ccc(F)c(NC(=O)/C=C/c2ccc([N+](=O)[O-])cc2)c1. The molecule has 0 saturated heterocycles. The quantitative estimate of drug-likeness (QED) is 0.380. The van der Waals surface area contributed by atoms with Crippen molar-refractivity contribution >= 4 is 33.2 Å². The minimum Gasteiger partial charge on any atom is -0.320 e. The number of carbonyl (C=O) groups is 1. The first-order valence-electron chi connectivity index (χ1n) is 6.90. The summed E-state index contributed by atoms with van der Waals surface area (Å²) in [5, 5.41) is 12.8. The Morgan fingerprint density at radius 3 is 2.40 bits per heavy atom. The molecule has 0 unspecified atom stereocenters. The van der Waals surface area contributed by atoms with Crippen LogP contribution in [0.15, 0.2) is 53.4 Å². The number of nitro benzene ring substituents is 1. The van der Waals surface area contributed by atoms with E-state index in [0.29, 0.717) is 5.56 Å². The van der Waals surface area contributed by atoms with E-state index in [1.807, 2.05) is 0 Å². The Balaban J connectivity index is 2.13. The van der Waals surface area contributed by atoms with Crippen molar-refractivity contribution in [1.82, 2.24) is 0 Å². The van der Waals surface area contributed by atoms with E-state index < -0.39 is 26.5 Å². The lowest BCUT2D eigenvalue weighted by atomic mass is 10.2. The molecule has 0 bridgehead atoms. The van der Waals surface area contributed by atoms with Crippen molar-refractivity contribution in [1.29, 1.82) is 0 Å². The maximum Gasteiger partial charge on any atom is 0.269 e. The van der Waals surface area contributed by atoms with Gasteiger partial charge in [-0.15, -0.1) is 0 Å². The number of carbonyl (C=O) groups excluding carboxylic acids is 1. The molecule has 130 valence electrons. The Kier molecular flexibility index (Phi) is 5.28. The van der Waals surface area contributed by atoms with Crippen molar-refractivity contribution in [2.45, 2.75) is 4.90 Å². The molecule has 0 saturated carbocycles.